The highest BCUT2D eigenvalue weighted by atomic mass is 32.2. The van der Waals surface area contributed by atoms with Crippen LogP contribution in [0.5, 0.6) is 0 Å². The summed E-state index contributed by atoms with van der Waals surface area (Å²) in [6, 6.07) is 13.7. The molecule has 1 heterocycles. The van der Waals surface area contributed by atoms with Crippen LogP contribution in [-0.2, 0) is 17.8 Å². The maximum atomic E-state index is 12.8. The van der Waals surface area contributed by atoms with Crippen LogP contribution in [0.15, 0.2) is 47.4 Å². The van der Waals surface area contributed by atoms with Crippen molar-refractivity contribution < 1.29 is 9.59 Å². The van der Waals surface area contributed by atoms with Crippen LogP contribution in [0.2, 0.25) is 0 Å². The molecule has 1 aliphatic rings. The van der Waals surface area contributed by atoms with Crippen molar-refractivity contribution in [2.75, 3.05) is 17.6 Å². The molecule has 2 aromatic carbocycles. The Hall–Kier alpha value is -2.27. The lowest BCUT2D eigenvalue weighted by atomic mass is 9.98. The number of fused-ring (bicyclic) bond motifs is 1. The third kappa shape index (κ3) is 4.53. The van der Waals surface area contributed by atoms with Gasteiger partial charge in [-0.3, -0.25) is 9.59 Å². The SMILES string of the molecule is CCSc1ccccc1C(=O)Nc1ccc2c(c1)CN(C(=O)C(C)C)CC2. The van der Waals surface area contributed by atoms with Gasteiger partial charge in [0.2, 0.25) is 5.91 Å². The highest BCUT2D eigenvalue weighted by Crippen LogP contribution is 2.26. The first-order valence-electron chi connectivity index (χ1n) is 9.43. The minimum Gasteiger partial charge on any atom is -0.338 e. The minimum absolute atomic E-state index is 0.00185. The molecule has 0 spiro atoms. The normalized spacial score (nSPS) is 13.4. The van der Waals surface area contributed by atoms with Crippen molar-refractivity contribution >= 4 is 29.3 Å². The number of nitrogens with zero attached hydrogens (tertiary/aromatic N) is 1. The van der Waals surface area contributed by atoms with Gasteiger partial charge in [-0.25, -0.2) is 0 Å². The Kier molecular flexibility index (Phi) is 6.22. The van der Waals surface area contributed by atoms with Crippen molar-refractivity contribution in [3.05, 3.63) is 59.2 Å². The topological polar surface area (TPSA) is 49.4 Å². The molecule has 0 atom stereocenters. The Labute approximate surface area is 165 Å². The van der Waals surface area contributed by atoms with Gasteiger partial charge in [0.1, 0.15) is 0 Å². The molecule has 0 unspecified atom stereocenters. The van der Waals surface area contributed by atoms with Gasteiger partial charge in [-0.15, -0.1) is 11.8 Å². The zero-order chi connectivity index (χ0) is 19.4. The molecule has 0 saturated carbocycles. The largest absolute Gasteiger partial charge is 0.338 e. The van der Waals surface area contributed by atoms with E-state index in [-0.39, 0.29) is 17.7 Å². The van der Waals surface area contributed by atoms with Gasteiger partial charge >= 0.3 is 0 Å². The Balaban J connectivity index is 1.77. The zero-order valence-electron chi connectivity index (χ0n) is 16.1. The van der Waals surface area contributed by atoms with Crippen LogP contribution in [-0.4, -0.2) is 29.0 Å². The summed E-state index contributed by atoms with van der Waals surface area (Å²) in [5.74, 6) is 1.00. The second-order valence-electron chi connectivity index (χ2n) is 7.03. The van der Waals surface area contributed by atoms with Crippen LogP contribution >= 0.6 is 11.8 Å². The minimum atomic E-state index is -0.0996. The van der Waals surface area contributed by atoms with Crippen LogP contribution in [0.1, 0.15) is 42.3 Å². The highest BCUT2D eigenvalue weighted by Gasteiger charge is 2.23. The van der Waals surface area contributed by atoms with Crippen LogP contribution in [0.25, 0.3) is 0 Å². The number of thioether (sulfide) groups is 1. The van der Waals surface area contributed by atoms with E-state index < -0.39 is 0 Å². The molecule has 1 aliphatic heterocycles. The van der Waals surface area contributed by atoms with E-state index in [1.165, 1.54) is 5.56 Å². The summed E-state index contributed by atoms with van der Waals surface area (Å²) < 4.78 is 0. The van der Waals surface area contributed by atoms with Crippen molar-refractivity contribution in [3.63, 3.8) is 0 Å². The van der Waals surface area contributed by atoms with E-state index in [1.54, 1.807) is 11.8 Å². The first-order chi connectivity index (χ1) is 13.0. The number of hydrogen-bond donors (Lipinski definition) is 1. The molecule has 0 aromatic heterocycles. The molecule has 3 rings (SSSR count). The first kappa shape index (κ1) is 19.5. The second kappa shape index (κ2) is 8.61. The number of hydrogen-bond acceptors (Lipinski definition) is 3. The van der Waals surface area contributed by atoms with Crippen molar-refractivity contribution in [2.24, 2.45) is 5.92 Å². The molecule has 27 heavy (non-hydrogen) atoms. The molecule has 1 N–H and O–H groups in total. The lowest BCUT2D eigenvalue weighted by Gasteiger charge is -2.30. The van der Waals surface area contributed by atoms with Crippen LogP contribution in [0.4, 0.5) is 5.69 Å². The maximum Gasteiger partial charge on any atom is 0.256 e. The van der Waals surface area contributed by atoms with Crippen molar-refractivity contribution in [1.82, 2.24) is 4.90 Å². The Morgan fingerprint density at radius 3 is 2.67 bits per heavy atom. The van der Waals surface area contributed by atoms with Gasteiger partial charge in [0, 0.05) is 29.6 Å². The van der Waals surface area contributed by atoms with Gasteiger partial charge in [0.15, 0.2) is 0 Å². The number of benzene rings is 2. The van der Waals surface area contributed by atoms with Gasteiger partial charge in [-0.05, 0) is 47.6 Å². The van der Waals surface area contributed by atoms with Gasteiger partial charge in [0.05, 0.1) is 5.56 Å². The number of amides is 2. The van der Waals surface area contributed by atoms with E-state index in [9.17, 15) is 9.59 Å². The number of rotatable bonds is 5. The molecule has 2 aromatic rings. The second-order valence-corrected chi connectivity index (χ2v) is 8.34. The molecule has 0 bridgehead atoms. The fourth-order valence-corrected chi connectivity index (χ4v) is 4.12. The van der Waals surface area contributed by atoms with Crippen molar-refractivity contribution in [1.29, 1.82) is 0 Å². The summed E-state index contributed by atoms with van der Waals surface area (Å²) in [4.78, 5) is 28.0. The Morgan fingerprint density at radius 1 is 1.15 bits per heavy atom. The summed E-state index contributed by atoms with van der Waals surface area (Å²) in [6.45, 7) is 7.31. The summed E-state index contributed by atoms with van der Waals surface area (Å²) >= 11 is 1.66. The third-order valence-corrected chi connectivity index (χ3v) is 5.67. The molecular formula is C22H26N2O2S. The fourth-order valence-electron chi connectivity index (χ4n) is 3.32. The standard InChI is InChI=1S/C22H26N2O2S/c1-4-27-20-8-6-5-7-19(20)21(25)23-18-10-9-16-11-12-24(14-17(16)13-18)22(26)15(2)3/h5-10,13,15H,4,11-12,14H2,1-3H3,(H,23,25). The highest BCUT2D eigenvalue weighted by molar-refractivity contribution is 7.99. The molecule has 2 amide bonds. The number of carbonyl (C=O) groups is 2. The van der Waals surface area contributed by atoms with E-state index in [4.69, 9.17) is 0 Å². The van der Waals surface area contributed by atoms with Gasteiger partial charge in [-0.1, -0.05) is 39.0 Å². The molecule has 0 fully saturated rings. The molecule has 142 valence electrons. The smallest absolute Gasteiger partial charge is 0.256 e. The summed E-state index contributed by atoms with van der Waals surface area (Å²) in [5, 5.41) is 3.02. The fraction of sp³-hybridized carbons (Fsp3) is 0.364. The predicted molar refractivity (Wildman–Crippen MR) is 111 cm³/mol. The summed E-state index contributed by atoms with van der Waals surface area (Å²) in [7, 11) is 0. The monoisotopic (exact) mass is 382 g/mol. The van der Waals surface area contributed by atoms with E-state index in [0.717, 1.165) is 34.9 Å². The summed E-state index contributed by atoms with van der Waals surface area (Å²) in [6.07, 6.45) is 0.859. The molecule has 0 radical (unpaired) electrons. The lowest BCUT2D eigenvalue weighted by molar-refractivity contribution is -0.135. The predicted octanol–water partition coefficient (Wildman–Crippen LogP) is 4.59. The van der Waals surface area contributed by atoms with Gasteiger partial charge in [0.25, 0.3) is 5.91 Å². The van der Waals surface area contributed by atoms with E-state index >= 15 is 0 Å². The van der Waals surface area contributed by atoms with Crippen molar-refractivity contribution in [2.45, 2.75) is 38.6 Å². The van der Waals surface area contributed by atoms with Crippen LogP contribution in [0.3, 0.4) is 0 Å². The molecule has 5 heteroatoms. The Bertz CT molecular complexity index is 848. The van der Waals surface area contributed by atoms with E-state index in [2.05, 4.69) is 18.3 Å². The average molecular weight is 383 g/mol. The maximum absolute atomic E-state index is 12.8. The van der Waals surface area contributed by atoms with E-state index in [1.807, 2.05) is 55.1 Å². The average Bonchev–Trinajstić information content (AvgIpc) is 2.67. The molecule has 0 aliphatic carbocycles. The summed E-state index contributed by atoms with van der Waals surface area (Å²) in [5.41, 5.74) is 3.83. The molecular weight excluding hydrogens is 356 g/mol. The van der Waals surface area contributed by atoms with E-state index in [0.29, 0.717) is 12.1 Å². The first-order valence-corrected chi connectivity index (χ1v) is 10.4. The lowest BCUT2D eigenvalue weighted by Crippen LogP contribution is -2.38. The van der Waals surface area contributed by atoms with Crippen LogP contribution < -0.4 is 5.32 Å². The van der Waals surface area contributed by atoms with Crippen molar-refractivity contribution in [3.8, 4) is 0 Å². The van der Waals surface area contributed by atoms with Gasteiger partial charge < -0.3 is 10.2 Å². The zero-order valence-corrected chi connectivity index (χ0v) is 16.9. The van der Waals surface area contributed by atoms with Crippen LogP contribution in [0, 0.1) is 5.92 Å². The molecule has 0 saturated heterocycles. The third-order valence-electron chi connectivity index (χ3n) is 4.71. The van der Waals surface area contributed by atoms with Gasteiger partial charge in [-0.2, -0.15) is 0 Å². The molecule has 4 nitrogen and oxygen atoms in total. The Morgan fingerprint density at radius 2 is 1.93 bits per heavy atom. The number of nitrogens with one attached hydrogen (secondary N) is 1. The number of carbonyl (C=O) groups excluding carboxylic acids is 2. The quantitative estimate of drug-likeness (QED) is 0.770. The number of anilines is 1.